The second kappa shape index (κ2) is 8.19. The van der Waals surface area contributed by atoms with Crippen LogP contribution >= 0.6 is 0 Å². The molecule has 192 valence electrons. The summed E-state index contributed by atoms with van der Waals surface area (Å²) in [7, 11) is 0. The third-order valence-corrected chi connectivity index (χ3v) is 9.41. The zero-order valence-corrected chi connectivity index (χ0v) is 23.0. The molecule has 1 nitrogen and oxygen atoms in total. The maximum Gasteiger partial charge on any atom is 0.131 e. The molecule has 2 aliphatic rings. The van der Waals surface area contributed by atoms with Crippen molar-refractivity contribution in [2.75, 3.05) is 0 Å². The van der Waals surface area contributed by atoms with Gasteiger partial charge < -0.3 is 4.74 Å². The van der Waals surface area contributed by atoms with Gasteiger partial charge in [0.05, 0.1) is 0 Å². The van der Waals surface area contributed by atoms with Gasteiger partial charge in [0.2, 0.25) is 0 Å². The molecule has 1 unspecified atom stereocenters. The molecule has 0 aromatic heterocycles. The zero-order valence-electron chi connectivity index (χ0n) is 23.0. The van der Waals surface area contributed by atoms with Crippen molar-refractivity contribution >= 4 is 10.8 Å². The fraction of sp³-hybridized carbons (Fsp3) is 0.128. The molecule has 0 saturated carbocycles. The molecule has 0 saturated heterocycles. The van der Waals surface area contributed by atoms with Crippen LogP contribution in [0.15, 0.2) is 127 Å². The van der Waals surface area contributed by atoms with Crippen LogP contribution in [0.4, 0.5) is 0 Å². The molecule has 1 heterocycles. The van der Waals surface area contributed by atoms with E-state index >= 15 is 0 Å². The van der Waals surface area contributed by atoms with E-state index in [1.54, 1.807) is 0 Å². The number of hydrogen-bond acceptors (Lipinski definition) is 1. The number of rotatable bonds is 2. The van der Waals surface area contributed by atoms with Gasteiger partial charge in [-0.1, -0.05) is 117 Å². The van der Waals surface area contributed by atoms with E-state index < -0.39 is 0 Å². The fourth-order valence-electron chi connectivity index (χ4n) is 7.18. The lowest BCUT2D eigenvalue weighted by Crippen LogP contribution is -2.24. The summed E-state index contributed by atoms with van der Waals surface area (Å²) < 4.78 is 6.35. The summed E-state index contributed by atoms with van der Waals surface area (Å²) in [4.78, 5) is 0. The molecule has 0 spiro atoms. The summed E-state index contributed by atoms with van der Waals surface area (Å²) in [5.74, 6) is 1.90. The molecule has 40 heavy (non-hydrogen) atoms. The summed E-state index contributed by atoms with van der Waals surface area (Å²) >= 11 is 0. The lowest BCUT2D eigenvalue weighted by molar-refractivity contribution is 0.418. The Morgan fingerprint density at radius 2 is 1.18 bits per heavy atom. The van der Waals surface area contributed by atoms with E-state index in [-0.39, 0.29) is 10.8 Å². The zero-order chi connectivity index (χ0) is 27.1. The lowest BCUT2D eigenvalue weighted by Gasteiger charge is -2.34. The van der Waals surface area contributed by atoms with Crippen LogP contribution in [0.2, 0.25) is 0 Å². The molecule has 6 aromatic rings. The van der Waals surface area contributed by atoms with E-state index in [0.29, 0.717) is 0 Å². The molecule has 1 atom stereocenters. The highest BCUT2D eigenvalue weighted by molar-refractivity contribution is 6.03. The molecular weight excluding hydrogens is 484 g/mol. The van der Waals surface area contributed by atoms with Crippen molar-refractivity contribution in [2.45, 2.75) is 31.6 Å². The molecule has 0 N–H and O–H groups in total. The van der Waals surface area contributed by atoms with Crippen molar-refractivity contribution in [2.24, 2.45) is 0 Å². The van der Waals surface area contributed by atoms with Gasteiger partial charge in [-0.05, 0) is 80.9 Å². The Morgan fingerprint density at radius 1 is 0.500 bits per heavy atom. The molecule has 1 aliphatic carbocycles. The summed E-state index contributed by atoms with van der Waals surface area (Å²) in [6.45, 7) is 6.99. The van der Waals surface area contributed by atoms with Crippen molar-refractivity contribution in [1.82, 2.24) is 0 Å². The number of ether oxygens (including phenoxy) is 1. The maximum atomic E-state index is 6.35. The minimum atomic E-state index is -0.249. The van der Waals surface area contributed by atoms with Crippen LogP contribution in [-0.4, -0.2) is 0 Å². The Labute approximate surface area is 235 Å². The third kappa shape index (κ3) is 3.09. The Bertz CT molecular complexity index is 1960. The Balaban J connectivity index is 1.34. The third-order valence-electron chi connectivity index (χ3n) is 9.41. The van der Waals surface area contributed by atoms with Gasteiger partial charge in [0, 0.05) is 22.0 Å². The number of fused-ring (bicyclic) bond motifs is 7. The molecular formula is C39H30O. The highest BCUT2D eigenvalue weighted by atomic mass is 16.5. The van der Waals surface area contributed by atoms with Crippen LogP contribution in [0.3, 0.4) is 0 Å². The van der Waals surface area contributed by atoms with Gasteiger partial charge in [-0.15, -0.1) is 0 Å². The van der Waals surface area contributed by atoms with Crippen molar-refractivity contribution in [3.05, 3.63) is 155 Å². The maximum absolute atomic E-state index is 6.35. The molecule has 1 heteroatoms. The van der Waals surface area contributed by atoms with E-state index in [0.717, 1.165) is 11.5 Å². The molecule has 0 fully saturated rings. The Hall–Kier alpha value is -4.62. The molecule has 8 rings (SSSR count). The summed E-state index contributed by atoms with van der Waals surface area (Å²) in [6.07, 6.45) is 0. The highest BCUT2D eigenvalue weighted by Gasteiger charge is 2.42. The smallest absolute Gasteiger partial charge is 0.131 e. The van der Waals surface area contributed by atoms with E-state index in [1.807, 2.05) is 6.07 Å². The topological polar surface area (TPSA) is 9.23 Å². The average molecular weight is 515 g/mol. The van der Waals surface area contributed by atoms with Crippen molar-refractivity contribution in [3.63, 3.8) is 0 Å². The Kier molecular flexibility index (Phi) is 4.77. The van der Waals surface area contributed by atoms with Crippen LogP contribution in [0.1, 0.15) is 48.6 Å². The molecule has 6 aromatic carbocycles. The minimum Gasteiger partial charge on any atom is -0.457 e. The normalized spacial score (nSPS) is 17.9. The van der Waals surface area contributed by atoms with Gasteiger partial charge in [0.25, 0.3) is 0 Å². The van der Waals surface area contributed by atoms with Gasteiger partial charge in [0.15, 0.2) is 0 Å². The largest absolute Gasteiger partial charge is 0.457 e. The van der Waals surface area contributed by atoms with Crippen LogP contribution < -0.4 is 4.74 Å². The van der Waals surface area contributed by atoms with E-state index in [2.05, 4.69) is 142 Å². The summed E-state index contributed by atoms with van der Waals surface area (Å²) in [5.41, 5.74) is 11.3. The first-order valence-electron chi connectivity index (χ1n) is 14.1. The van der Waals surface area contributed by atoms with E-state index in [9.17, 15) is 0 Å². The summed E-state index contributed by atoms with van der Waals surface area (Å²) in [6, 6.07) is 46.6. The van der Waals surface area contributed by atoms with E-state index in [1.165, 1.54) is 60.8 Å². The quantitative estimate of drug-likeness (QED) is 0.223. The average Bonchev–Trinajstić information content (AvgIpc) is 3.26. The number of para-hydroxylation sites is 1. The molecule has 0 bridgehead atoms. The second-order valence-electron chi connectivity index (χ2n) is 11.9. The molecule has 0 amide bonds. The standard InChI is InChI=1S/C39H30O/c1-38(2)31-15-9-10-16-35(31)40-36-22-19-27(24-34(36)38)26-17-20-30-33(23-26)39(3,28-12-5-4-6-13-28)32-21-18-25-11-7-8-14-29(25)37(30)32/h4-24H,1-3H3. The van der Waals surface area contributed by atoms with Crippen LogP contribution in [0.5, 0.6) is 11.5 Å². The Morgan fingerprint density at radius 3 is 2.02 bits per heavy atom. The molecule has 0 radical (unpaired) electrons. The first kappa shape index (κ1) is 23.3. The van der Waals surface area contributed by atoms with Gasteiger partial charge in [0.1, 0.15) is 11.5 Å². The predicted octanol–water partition coefficient (Wildman–Crippen LogP) is 10.3. The lowest BCUT2D eigenvalue weighted by atomic mass is 9.73. The second-order valence-corrected chi connectivity index (χ2v) is 11.9. The van der Waals surface area contributed by atoms with Gasteiger partial charge in [-0.3, -0.25) is 0 Å². The van der Waals surface area contributed by atoms with Crippen LogP contribution in [0, 0.1) is 0 Å². The van der Waals surface area contributed by atoms with Crippen LogP contribution in [0.25, 0.3) is 33.0 Å². The SMILES string of the molecule is CC1(C)c2ccccc2Oc2ccc(-c3ccc4c(c3)C(C)(c3ccccc3)c3ccc5ccccc5c3-4)cc21. The van der Waals surface area contributed by atoms with Gasteiger partial charge in [-0.2, -0.15) is 0 Å². The van der Waals surface area contributed by atoms with Crippen LogP contribution in [-0.2, 0) is 10.8 Å². The summed E-state index contributed by atoms with van der Waals surface area (Å²) in [5, 5.41) is 2.60. The predicted molar refractivity (Wildman–Crippen MR) is 165 cm³/mol. The van der Waals surface area contributed by atoms with Crippen molar-refractivity contribution in [3.8, 4) is 33.8 Å². The van der Waals surface area contributed by atoms with Crippen molar-refractivity contribution in [1.29, 1.82) is 0 Å². The monoisotopic (exact) mass is 514 g/mol. The number of hydrogen-bond donors (Lipinski definition) is 0. The first-order chi connectivity index (χ1) is 19.5. The molecule has 1 aliphatic heterocycles. The van der Waals surface area contributed by atoms with Crippen molar-refractivity contribution < 1.29 is 4.74 Å². The number of benzene rings is 6. The highest BCUT2D eigenvalue weighted by Crippen LogP contribution is 2.55. The minimum absolute atomic E-state index is 0.148. The fourth-order valence-corrected chi connectivity index (χ4v) is 7.18. The first-order valence-corrected chi connectivity index (χ1v) is 14.1. The van der Waals surface area contributed by atoms with Gasteiger partial charge in [-0.25, -0.2) is 0 Å². The van der Waals surface area contributed by atoms with E-state index in [4.69, 9.17) is 4.74 Å². The van der Waals surface area contributed by atoms with Gasteiger partial charge >= 0.3 is 0 Å².